The second-order valence-corrected chi connectivity index (χ2v) is 4.77. The van der Waals surface area contributed by atoms with E-state index in [0.29, 0.717) is 0 Å². The first kappa shape index (κ1) is 10.4. The van der Waals surface area contributed by atoms with E-state index in [-0.39, 0.29) is 0 Å². The van der Waals surface area contributed by atoms with Gasteiger partial charge in [0.2, 0.25) is 0 Å². The van der Waals surface area contributed by atoms with Crippen molar-refractivity contribution >= 4 is 28.1 Å². The fraction of sp³-hybridized carbons (Fsp3) is 0.0625. The number of nitrogen functional groups attached to an aromatic ring is 1. The Balaban J connectivity index is 1.92. The molecule has 4 rings (SSSR count). The van der Waals surface area contributed by atoms with Crippen LogP contribution >= 0.6 is 0 Å². The third-order valence-electron chi connectivity index (χ3n) is 3.65. The molecule has 19 heavy (non-hydrogen) atoms. The molecule has 2 aromatic carbocycles. The Kier molecular flexibility index (Phi) is 2.03. The van der Waals surface area contributed by atoms with Gasteiger partial charge in [0.1, 0.15) is 11.6 Å². The predicted molar refractivity (Wildman–Crippen MR) is 79.0 cm³/mol. The molecule has 0 bridgehead atoms. The maximum Gasteiger partial charge on any atom is 0.142 e. The van der Waals surface area contributed by atoms with E-state index >= 15 is 0 Å². The second kappa shape index (κ2) is 3.72. The lowest BCUT2D eigenvalue weighted by atomic mass is 10.1. The number of fused-ring (bicyclic) bond motifs is 3. The zero-order valence-corrected chi connectivity index (χ0v) is 10.4. The Morgan fingerprint density at radius 3 is 2.37 bits per heavy atom. The topological polar surface area (TPSA) is 43.3 Å². The Hall–Kier alpha value is -2.55. The van der Waals surface area contributed by atoms with Gasteiger partial charge in [0, 0.05) is 10.8 Å². The van der Waals surface area contributed by atoms with E-state index in [1.165, 1.54) is 0 Å². The lowest BCUT2D eigenvalue weighted by Gasteiger charge is -2.03. The highest BCUT2D eigenvalue weighted by Gasteiger charge is 2.21. The minimum absolute atomic E-state index is 0.750. The lowest BCUT2D eigenvalue weighted by molar-refractivity contribution is 0.918. The van der Waals surface area contributed by atoms with E-state index in [9.17, 15) is 0 Å². The number of hydrogen-bond donors (Lipinski definition) is 1. The van der Waals surface area contributed by atoms with Crippen LogP contribution in [0.3, 0.4) is 0 Å². The second-order valence-electron chi connectivity index (χ2n) is 4.77. The van der Waals surface area contributed by atoms with Gasteiger partial charge in [-0.2, -0.15) is 0 Å². The van der Waals surface area contributed by atoms with Gasteiger partial charge in [-0.25, -0.2) is 4.99 Å². The largest absolute Gasteiger partial charge is 0.385 e. The van der Waals surface area contributed by atoms with Crippen molar-refractivity contribution in [3.63, 3.8) is 0 Å². The lowest BCUT2D eigenvalue weighted by Crippen LogP contribution is -2.07. The highest BCUT2D eigenvalue weighted by atomic mass is 15.2. The Bertz CT molecular complexity index is 797. The third-order valence-corrected chi connectivity index (χ3v) is 3.65. The van der Waals surface area contributed by atoms with Gasteiger partial charge in [-0.05, 0) is 5.56 Å². The van der Waals surface area contributed by atoms with Crippen molar-refractivity contribution in [1.29, 1.82) is 0 Å². The van der Waals surface area contributed by atoms with Crippen LogP contribution in [-0.2, 0) is 6.54 Å². The number of nitrogens with zero attached hydrogens (tertiary/aromatic N) is 2. The van der Waals surface area contributed by atoms with E-state index < -0.39 is 0 Å². The number of aliphatic imine (C=N–C) groups is 1. The van der Waals surface area contributed by atoms with Crippen LogP contribution in [0.2, 0.25) is 0 Å². The average Bonchev–Trinajstić information content (AvgIpc) is 3.01. The van der Waals surface area contributed by atoms with Crippen molar-refractivity contribution in [1.82, 2.24) is 4.57 Å². The molecule has 3 heteroatoms. The Morgan fingerprint density at radius 1 is 0.895 bits per heavy atom. The molecule has 0 aliphatic carbocycles. The maximum absolute atomic E-state index is 6.22. The van der Waals surface area contributed by atoms with Crippen molar-refractivity contribution in [2.24, 2.45) is 4.99 Å². The fourth-order valence-electron chi connectivity index (χ4n) is 2.69. The van der Waals surface area contributed by atoms with Crippen LogP contribution < -0.4 is 5.73 Å². The first-order valence-electron chi connectivity index (χ1n) is 6.34. The van der Waals surface area contributed by atoms with Gasteiger partial charge in [-0.15, -0.1) is 0 Å². The molecule has 0 saturated carbocycles. The Morgan fingerprint density at radius 2 is 1.58 bits per heavy atom. The molecule has 0 atom stereocenters. The Labute approximate surface area is 111 Å². The molecule has 3 nitrogen and oxygen atoms in total. The van der Waals surface area contributed by atoms with Crippen LogP contribution in [0.5, 0.6) is 0 Å². The molecule has 92 valence electrons. The van der Waals surface area contributed by atoms with Gasteiger partial charge in [-0.3, -0.25) is 0 Å². The summed E-state index contributed by atoms with van der Waals surface area (Å²) in [7, 11) is 0. The number of anilines is 1. The molecular formula is C16H13N3. The van der Waals surface area contributed by atoms with Gasteiger partial charge in [0.15, 0.2) is 0 Å². The molecule has 1 aromatic heterocycles. The zero-order chi connectivity index (χ0) is 12.8. The first-order valence-corrected chi connectivity index (χ1v) is 6.34. The standard InChI is InChI=1S/C16H13N3/c17-15-12-8-4-5-9-13(12)16-18-14(10-19(15)16)11-6-2-1-3-7-11/h1-9H,10,17H2. The summed E-state index contributed by atoms with van der Waals surface area (Å²) < 4.78 is 2.09. The summed E-state index contributed by atoms with van der Waals surface area (Å²) in [6.45, 7) is 0.750. The average molecular weight is 247 g/mol. The van der Waals surface area contributed by atoms with E-state index in [1.54, 1.807) is 0 Å². The van der Waals surface area contributed by atoms with Gasteiger partial charge in [-0.1, -0.05) is 54.6 Å². The van der Waals surface area contributed by atoms with E-state index in [4.69, 9.17) is 10.7 Å². The first-order chi connectivity index (χ1) is 9.34. The summed E-state index contributed by atoms with van der Waals surface area (Å²) in [5, 5.41) is 2.22. The molecule has 0 fully saturated rings. The molecule has 0 radical (unpaired) electrons. The van der Waals surface area contributed by atoms with E-state index in [2.05, 4.69) is 22.8 Å². The summed E-state index contributed by atoms with van der Waals surface area (Å²) in [6.07, 6.45) is 0. The van der Waals surface area contributed by atoms with E-state index in [1.807, 2.05) is 36.4 Å². The van der Waals surface area contributed by atoms with Gasteiger partial charge in [0.05, 0.1) is 12.3 Å². The van der Waals surface area contributed by atoms with Crippen LogP contribution in [0, 0.1) is 0 Å². The molecular weight excluding hydrogens is 234 g/mol. The monoisotopic (exact) mass is 247 g/mol. The van der Waals surface area contributed by atoms with Gasteiger partial charge >= 0.3 is 0 Å². The fourth-order valence-corrected chi connectivity index (χ4v) is 2.69. The van der Waals surface area contributed by atoms with Crippen LogP contribution in [0.4, 0.5) is 11.6 Å². The van der Waals surface area contributed by atoms with Crippen LogP contribution in [0.25, 0.3) is 10.8 Å². The zero-order valence-electron chi connectivity index (χ0n) is 10.4. The van der Waals surface area contributed by atoms with Crippen LogP contribution in [-0.4, -0.2) is 10.3 Å². The van der Waals surface area contributed by atoms with Crippen molar-refractivity contribution in [3.8, 4) is 0 Å². The molecule has 1 aliphatic rings. The van der Waals surface area contributed by atoms with Crippen LogP contribution in [0.1, 0.15) is 5.56 Å². The predicted octanol–water partition coefficient (Wildman–Crippen LogP) is 3.36. The summed E-state index contributed by atoms with van der Waals surface area (Å²) in [4.78, 5) is 4.77. The van der Waals surface area contributed by atoms with Crippen molar-refractivity contribution < 1.29 is 0 Å². The molecule has 2 heterocycles. The summed E-state index contributed by atoms with van der Waals surface area (Å²) in [5.74, 6) is 1.78. The smallest absolute Gasteiger partial charge is 0.142 e. The van der Waals surface area contributed by atoms with E-state index in [0.717, 1.165) is 40.2 Å². The molecule has 2 N–H and O–H groups in total. The molecule has 0 unspecified atom stereocenters. The molecule has 0 amide bonds. The van der Waals surface area contributed by atoms with Gasteiger partial charge < -0.3 is 10.3 Å². The summed E-state index contributed by atoms with van der Waals surface area (Å²) in [6, 6.07) is 18.4. The highest BCUT2D eigenvalue weighted by molar-refractivity contribution is 6.10. The molecule has 1 aliphatic heterocycles. The summed E-state index contributed by atoms with van der Waals surface area (Å²) >= 11 is 0. The molecule has 0 saturated heterocycles. The number of benzene rings is 2. The minimum atomic E-state index is 0.750. The normalized spacial score (nSPS) is 13.6. The van der Waals surface area contributed by atoms with Gasteiger partial charge in [0.25, 0.3) is 0 Å². The quantitative estimate of drug-likeness (QED) is 0.704. The number of aromatic nitrogens is 1. The number of nitrogens with two attached hydrogens (primary N) is 1. The third kappa shape index (κ3) is 1.41. The van der Waals surface area contributed by atoms with Crippen LogP contribution in [0.15, 0.2) is 59.6 Å². The van der Waals surface area contributed by atoms with Crippen molar-refractivity contribution in [3.05, 3.63) is 60.2 Å². The molecule has 0 spiro atoms. The number of hydrogen-bond acceptors (Lipinski definition) is 2. The SMILES string of the molecule is Nc1c2ccccc2c2n1CC(c1ccccc1)=N2. The minimum Gasteiger partial charge on any atom is -0.385 e. The maximum atomic E-state index is 6.22. The summed E-state index contributed by atoms with van der Waals surface area (Å²) in [5.41, 5.74) is 8.46. The highest BCUT2D eigenvalue weighted by Crippen LogP contribution is 2.38. The number of rotatable bonds is 1. The molecule has 3 aromatic rings. The van der Waals surface area contributed by atoms with Crippen molar-refractivity contribution in [2.45, 2.75) is 6.54 Å². The van der Waals surface area contributed by atoms with Crippen molar-refractivity contribution in [2.75, 3.05) is 5.73 Å².